The van der Waals surface area contributed by atoms with E-state index in [4.69, 9.17) is 40.5 Å². The molecule has 2 nitrogen and oxygen atoms in total. The van der Waals surface area contributed by atoms with Crippen molar-refractivity contribution in [3.05, 3.63) is 26.7 Å². The predicted octanol–water partition coefficient (Wildman–Crippen LogP) is 2.81. The molecule has 0 amide bonds. The Morgan fingerprint density at radius 1 is 1.25 bits per heavy atom. The molecule has 0 spiro atoms. The maximum absolute atomic E-state index is 9.35. The van der Waals surface area contributed by atoms with Crippen molar-refractivity contribution >= 4 is 34.8 Å². The first-order chi connectivity index (χ1) is 5.57. The summed E-state index contributed by atoms with van der Waals surface area (Å²) < 4.78 is 0. The molecular formula is C7H6Cl3NO. The first kappa shape index (κ1) is 9.93. The Hall–Kier alpha value is -0.150. The fourth-order valence-corrected chi connectivity index (χ4v) is 1.43. The van der Waals surface area contributed by atoms with Crippen molar-refractivity contribution in [3.63, 3.8) is 0 Å². The van der Waals surface area contributed by atoms with E-state index in [1.165, 1.54) is 6.07 Å². The van der Waals surface area contributed by atoms with Crippen LogP contribution in [0.15, 0.2) is 6.07 Å². The number of halogens is 3. The molecule has 12 heavy (non-hydrogen) atoms. The summed E-state index contributed by atoms with van der Waals surface area (Å²) in [5.41, 5.74) is 5.80. The number of rotatable bonds is 1. The third-order valence-electron chi connectivity index (χ3n) is 1.44. The Bertz CT molecular complexity index is 314. The van der Waals surface area contributed by atoms with Crippen LogP contribution >= 0.6 is 34.8 Å². The highest BCUT2D eigenvalue weighted by Gasteiger charge is 2.12. The van der Waals surface area contributed by atoms with Crippen LogP contribution in [0.25, 0.3) is 0 Å². The van der Waals surface area contributed by atoms with Crippen molar-refractivity contribution in [2.45, 2.75) is 6.54 Å². The molecule has 0 radical (unpaired) electrons. The number of aromatic hydroxyl groups is 1. The van der Waals surface area contributed by atoms with E-state index in [0.717, 1.165) is 0 Å². The third-order valence-corrected chi connectivity index (χ3v) is 2.69. The predicted molar refractivity (Wildman–Crippen MR) is 51.0 cm³/mol. The Morgan fingerprint density at radius 3 is 2.33 bits per heavy atom. The van der Waals surface area contributed by atoms with Crippen molar-refractivity contribution < 1.29 is 5.11 Å². The number of phenolic OH excluding ortho intramolecular Hbond substituents is 1. The summed E-state index contributed by atoms with van der Waals surface area (Å²) in [6.07, 6.45) is 0. The molecule has 0 aliphatic rings. The first-order valence-electron chi connectivity index (χ1n) is 3.13. The normalized spacial score (nSPS) is 10.3. The molecule has 1 aromatic carbocycles. The van der Waals surface area contributed by atoms with Crippen molar-refractivity contribution in [1.82, 2.24) is 0 Å². The summed E-state index contributed by atoms with van der Waals surface area (Å²) in [6, 6.07) is 1.49. The largest absolute Gasteiger partial charge is 0.506 e. The van der Waals surface area contributed by atoms with Gasteiger partial charge in [0.1, 0.15) is 10.8 Å². The fourth-order valence-electron chi connectivity index (χ4n) is 0.790. The van der Waals surface area contributed by atoms with Gasteiger partial charge >= 0.3 is 0 Å². The molecule has 0 fully saturated rings. The molecular weight excluding hydrogens is 220 g/mol. The van der Waals surface area contributed by atoms with Gasteiger partial charge in [-0.05, 0) is 6.07 Å². The monoisotopic (exact) mass is 225 g/mol. The van der Waals surface area contributed by atoms with E-state index in [9.17, 15) is 5.11 Å². The lowest BCUT2D eigenvalue weighted by Crippen LogP contribution is -1.97. The number of hydrogen-bond acceptors (Lipinski definition) is 2. The van der Waals surface area contributed by atoms with E-state index in [0.29, 0.717) is 10.6 Å². The zero-order valence-electron chi connectivity index (χ0n) is 5.94. The second-order valence-electron chi connectivity index (χ2n) is 2.20. The number of nitrogens with two attached hydrogens (primary N) is 1. The molecule has 0 heterocycles. The van der Waals surface area contributed by atoms with Crippen LogP contribution in [0.2, 0.25) is 15.1 Å². The quantitative estimate of drug-likeness (QED) is 0.723. The Balaban J connectivity index is 3.39. The SMILES string of the molecule is NCc1cc(Cl)c(Cl)c(Cl)c1O. The molecule has 3 N–H and O–H groups in total. The van der Waals surface area contributed by atoms with Gasteiger partial charge in [-0.25, -0.2) is 0 Å². The van der Waals surface area contributed by atoms with E-state index in [2.05, 4.69) is 0 Å². The van der Waals surface area contributed by atoms with Crippen molar-refractivity contribution in [2.24, 2.45) is 5.73 Å². The van der Waals surface area contributed by atoms with E-state index in [-0.39, 0.29) is 22.3 Å². The third kappa shape index (κ3) is 1.62. The highest BCUT2D eigenvalue weighted by Crippen LogP contribution is 2.39. The van der Waals surface area contributed by atoms with Crippen LogP contribution in [0.4, 0.5) is 0 Å². The lowest BCUT2D eigenvalue weighted by molar-refractivity contribution is 0.469. The molecule has 1 aromatic rings. The number of hydrogen-bond donors (Lipinski definition) is 2. The summed E-state index contributed by atoms with van der Waals surface area (Å²) in [7, 11) is 0. The highest BCUT2D eigenvalue weighted by molar-refractivity contribution is 6.48. The highest BCUT2D eigenvalue weighted by atomic mass is 35.5. The van der Waals surface area contributed by atoms with Crippen LogP contribution in [0.3, 0.4) is 0 Å². The fraction of sp³-hybridized carbons (Fsp3) is 0.143. The zero-order valence-corrected chi connectivity index (χ0v) is 8.21. The van der Waals surface area contributed by atoms with Crippen LogP contribution < -0.4 is 5.73 Å². The molecule has 0 unspecified atom stereocenters. The van der Waals surface area contributed by atoms with Crippen molar-refractivity contribution in [2.75, 3.05) is 0 Å². The van der Waals surface area contributed by atoms with Gasteiger partial charge in [0.05, 0.1) is 10.0 Å². The van der Waals surface area contributed by atoms with E-state index in [1.807, 2.05) is 0 Å². The average Bonchev–Trinajstić information content (AvgIpc) is 2.08. The molecule has 0 atom stereocenters. The molecule has 0 saturated carbocycles. The van der Waals surface area contributed by atoms with Crippen LogP contribution in [0.1, 0.15) is 5.56 Å². The van der Waals surface area contributed by atoms with Gasteiger partial charge in [0.25, 0.3) is 0 Å². The minimum atomic E-state index is -0.103. The lowest BCUT2D eigenvalue weighted by atomic mass is 10.2. The summed E-state index contributed by atoms with van der Waals surface area (Å²) >= 11 is 17.0. The summed E-state index contributed by atoms with van der Waals surface area (Å²) in [5, 5.41) is 9.83. The molecule has 1 rings (SSSR count). The second kappa shape index (κ2) is 3.71. The van der Waals surface area contributed by atoms with Crippen molar-refractivity contribution in [3.8, 4) is 5.75 Å². The van der Waals surface area contributed by atoms with Crippen LogP contribution in [-0.2, 0) is 6.54 Å². The van der Waals surface area contributed by atoms with Gasteiger partial charge in [-0.1, -0.05) is 34.8 Å². The average molecular weight is 226 g/mol. The van der Waals surface area contributed by atoms with Crippen molar-refractivity contribution in [1.29, 1.82) is 0 Å². The topological polar surface area (TPSA) is 46.2 Å². The van der Waals surface area contributed by atoms with Gasteiger partial charge in [0.2, 0.25) is 0 Å². The molecule has 0 aromatic heterocycles. The van der Waals surface area contributed by atoms with Gasteiger partial charge in [0, 0.05) is 12.1 Å². The van der Waals surface area contributed by atoms with Gasteiger partial charge in [-0.3, -0.25) is 0 Å². The first-order valence-corrected chi connectivity index (χ1v) is 4.26. The minimum Gasteiger partial charge on any atom is -0.506 e. The van der Waals surface area contributed by atoms with Gasteiger partial charge < -0.3 is 10.8 Å². The van der Waals surface area contributed by atoms with E-state index in [1.54, 1.807) is 0 Å². The zero-order chi connectivity index (χ0) is 9.30. The summed E-state index contributed by atoms with van der Waals surface area (Å²) in [6.45, 7) is 0.169. The summed E-state index contributed by atoms with van der Waals surface area (Å²) in [5.74, 6) is -0.103. The Morgan fingerprint density at radius 2 is 1.83 bits per heavy atom. The molecule has 5 heteroatoms. The molecule has 0 bridgehead atoms. The minimum absolute atomic E-state index is 0.0459. The number of benzene rings is 1. The Labute approximate surface area is 84.8 Å². The maximum Gasteiger partial charge on any atom is 0.140 e. The second-order valence-corrected chi connectivity index (χ2v) is 3.36. The molecule has 0 aliphatic heterocycles. The lowest BCUT2D eigenvalue weighted by Gasteiger charge is -2.06. The van der Waals surface area contributed by atoms with Gasteiger partial charge in [-0.2, -0.15) is 0 Å². The van der Waals surface area contributed by atoms with Gasteiger partial charge in [0.15, 0.2) is 0 Å². The van der Waals surface area contributed by atoms with E-state index < -0.39 is 0 Å². The molecule has 66 valence electrons. The van der Waals surface area contributed by atoms with Crippen LogP contribution in [0.5, 0.6) is 5.75 Å². The molecule has 0 aliphatic carbocycles. The standard InChI is InChI=1S/C7H6Cl3NO/c8-4-1-3(2-11)7(12)6(10)5(4)9/h1,12H,2,11H2. The van der Waals surface area contributed by atoms with Crippen LogP contribution in [-0.4, -0.2) is 5.11 Å². The summed E-state index contributed by atoms with van der Waals surface area (Å²) in [4.78, 5) is 0. The number of phenols is 1. The Kier molecular flexibility index (Phi) is 3.07. The maximum atomic E-state index is 9.35. The van der Waals surface area contributed by atoms with Crippen LogP contribution in [0, 0.1) is 0 Å². The van der Waals surface area contributed by atoms with E-state index >= 15 is 0 Å². The molecule has 0 saturated heterocycles. The van der Waals surface area contributed by atoms with Gasteiger partial charge in [-0.15, -0.1) is 0 Å². The smallest absolute Gasteiger partial charge is 0.140 e.